The number of carbonyl (C=O) groups excluding carboxylic acids is 1. The van der Waals surface area contributed by atoms with Gasteiger partial charge in [0, 0.05) is 18.4 Å². The van der Waals surface area contributed by atoms with Crippen LogP contribution in [0.25, 0.3) is 0 Å². The molecule has 9 heteroatoms. The first-order chi connectivity index (χ1) is 12.0. The standard InChI is InChI=1S/C16H17ClF2N4O2/c17-12-8-10(3-4-14(12)25-16(18)19)21-15(24)13-5-7-23(22-13)11-2-1-6-20-9-11/h3-5,7-8,11,16,20H,1-2,6,9H2,(H,21,24). The van der Waals surface area contributed by atoms with Crippen LogP contribution in [0, 0.1) is 0 Å². The number of amides is 1. The summed E-state index contributed by atoms with van der Waals surface area (Å²) in [5.74, 6) is -0.551. The summed E-state index contributed by atoms with van der Waals surface area (Å²) >= 11 is 5.87. The molecule has 0 saturated carbocycles. The molecule has 1 aromatic heterocycles. The number of anilines is 1. The van der Waals surface area contributed by atoms with E-state index in [1.54, 1.807) is 16.9 Å². The summed E-state index contributed by atoms with van der Waals surface area (Å²) in [5, 5.41) is 10.2. The van der Waals surface area contributed by atoms with E-state index in [2.05, 4.69) is 20.5 Å². The third-order valence-electron chi connectivity index (χ3n) is 3.89. The lowest BCUT2D eigenvalue weighted by atomic mass is 10.1. The number of piperidine rings is 1. The van der Waals surface area contributed by atoms with Gasteiger partial charge in [0.15, 0.2) is 5.69 Å². The van der Waals surface area contributed by atoms with Crippen LogP contribution in [0.3, 0.4) is 0 Å². The van der Waals surface area contributed by atoms with Crippen molar-refractivity contribution in [1.29, 1.82) is 0 Å². The van der Waals surface area contributed by atoms with Crippen LogP contribution < -0.4 is 15.4 Å². The van der Waals surface area contributed by atoms with Crippen LogP contribution in [0.4, 0.5) is 14.5 Å². The monoisotopic (exact) mass is 370 g/mol. The van der Waals surface area contributed by atoms with Crippen molar-refractivity contribution in [1.82, 2.24) is 15.1 Å². The van der Waals surface area contributed by atoms with Gasteiger partial charge in [-0.3, -0.25) is 9.48 Å². The van der Waals surface area contributed by atoms with E-state index >= 15 is 0 Å². The number of nitrogens with one attached hydrogen (secondary N) is 2. The summed E-state index contributed by atoms with van der Waals surface area (Å²) in [4.78, 5) is 12.3. The Balaban J connectivity index is 1.66. The van der Waals surface area contributed by atoms with Crippen molar-refractivity contribution in [3.05, 3.63) is 41.2 Å². The molecule has 6 nitrogen and oxygen atoms in total. The highest BCUT2D eigenvalue weighted by atomic mass is 35.5. The number of halogens is 3. The maximum absolute atomic E-state index is 12.3. The Morgan fingerprint density at radius 1 is 1.44 bits per heavy atom. The van der Waals surface area contributed by atoms with Crippen LogP contribution in [0.5, 0.6) is 5.75 Å². The van der Waals surface area contributed by atoms with Crippen LogP contribution in [0.2, 0.25) is 5.02 Å². The highest BCUT2D eigenvalue weighted by Gasteiger charge is 2.18. The number of hydrogen-bond donors (Lipinski definition) is 2. The molecule has 2 N–H and O–H groups in total. The Kier molecular flexibility index (Phi) is 5.50. The fraction of sp³-hybridized carbons (Fsp3) is 0.375. The quantitative estimate of drug-likeness (QED) is 0.847. The normalized spacial score (nSPS) is 17.5. The van der Waals surface area contributed by atoms with Gasteiger partial charge in [-0.25, -0.2) is 0 Å². The van der Waals surface area contributed by atoms with Crippen LogP contribution in [-0.4, -0.2) is 35.4 Å². The topological polar surface area (TPSA) is 68.2 Å². The summed E-state index contributed by atoms with van der Waals surface area (Å²) in [6.45, 7) is -1.14. The maximum atomic E-state index is 12.3. The Morgan fingerprint density at radius 2 is 2.28 bits per heavy atom. The number of aromatic nitrogens is 2. The van der Waals surface area contributed by atoms with Crippen LogP contribution in [0.1, 0.15) is 29.4 Å². The third-order valence-corrected chi connectivity index (χ3v) is 4.19. The van der Waals surface area contributed by atoms with E-state index in [-0.39, 0.29) is 22.5 Å². The summed E-state index contributed by atoms with van der Waals surface area (Å²) in [6.07, 6.45) is 3.85. The molecule has 1 unspecified atom stereocenters. The molecule has 1 aliphatic rings. The van der Waals surface area contributed by atoms with E-state index < -0.39 is 12.5 Å². The zero-order valence-corrected chi connectivity index (χ0v) is 14.0. The van der Waals surface area contributed by atoms with Crippen molar-refractivity contribution >= 4 is 23.2 Å². The lowest BCUT2D eigenvalue weighted by molar-refractivity contribution is -0.0497. The van der Waals surface area contributed by atoms with Gasteiger partial charge in [-0.15, -0.1) is 0 Å². The van der Waals surface area contributed by atoms with Crippen molar-refractivity contribution in [2.24, 2.45) is 0 Å². The minimum atomic E-state index is -2.96. The van der Waals surface area contributed by atoms with Gasteiger partial charge in [-0.2, -0.15) is 13.9 Å². The van der Waals surface area contributed by atoms with E-state index in [0.29, 0.717) is 5.69 Å². The third kappa shape index (κ3) is 4.46. The fourth-order valence-electron chi connectivity index (χ4n) is 2.69. The fourth-order valence-corrected chi connectivity index (χ4v) is 2.91. The summed E-state index contributed by atoms with van der Waals surface area (Å²) in [5.41, 5.74) is 0.639. The average molecular weight is 371 g/mol. The molecule has 1 atom stereocenters. The minimum absolute atomic E-state index is 0.0168. The van der Waals surface area contributed by atoms with Crippen LogP contribution in [-0.2, 0) is 0 Å². The number of ether oxygens (including phenoxy) is 1. The molecule has 2 aromatic rings. The summed E-state index contributed by atoms with van der Waals surface area (Å²) in [6, 6.07) is 5.93. The first kappa shape index (κ1) is 17.6. The molecule has 3 rings (SSSR count). The first-order valence-electron chi connectivity index (χ1n) is 7.84. The molecule has 1 aromatic carbocycles. The molecule has 0 spiro atoms. The van der Waals surface area contributed by atoms with Gasteiger partial charge in [-0.05, 0) is 43.7 Å². The molecule has 1 aliphatic heterocycles. The second kappa shape index (κ2) is 7.79. The van der Waals surface area contributed by atoms with Gasteiger partial charge >= 0.3 is 6.61 Å². The molecule has 134 valence electrons. The molecule has 2 heterocycles. The lowest BCUT2D eigenvalue weighted by Gasteiger charge is -2.22. The van der Waals surface area contributed by atoms with Crippen LogP contribution in [0.15, 0.2) is 30.5 Å². The van der Waals surface area contributed by atoms with E-state index in [4.69, 9.17) is 11.6 Å². The van der Waals surface area contributed by atoms with E-state index in [9.17, 15) is 13.6 Å². The largest absolute Gasteiger partial charge is 0.433 e. The van der Waals surface area contributed by atoms with Crippen LogP contribution >= 0.6 is 11.6 Å². The molecule has 0 radical (unpaired) electrons. The average Bonchev–Trinajstić information content (AvgIpc) is 3.08. The minimum Gasteiger partial charge on any atom is -0.433 e. The van der Waals surface area contributed by atoms with E-state index in [1.165, 1.54) is 18.2 Å². The van der Waals surface area contributed by atoms with Crippen molar-refractivity contribution in [3.63, 3.8) is 0 Å². The number of rotatable bonds is 5. The van der Waals surface area contributed by atoms with Crippen molar-refractivity contribution in [3.8, 4) is 5.75 Å². The first-order valence-corrected chi connectivity index (χ1v) is 8.22. The smallest absolute Gasteiger partial charge is 0.387 e. The Morgan fingerprint density at radius 3 is 2.96 bits per heavy atom. The molecular weight excluding hydrogens is 354 g/mol. The van der Waals surface area contributed by atoms with Gasteiger partial charge in [0.2, 0.25) is 0 Å². The number of hydrogen-bond acceptors (Lipinski definition) is 4. The predicted molar refractivity (Wildman–Crippen MR) is 89.4 cm³/mol. The SMILES string of the molecule is O=C(Nc1ccc(OC(F)F)c(Cl)c1)c1ccn(C2CCCNC2)n1. The number of alkyl halides is 2. The van der Waals surface area contributed by atoms with Gasteiger partial charge in [0.1, 0.15) is 5.75 Å². The van der Waals surface area contributed by atoms with Gasteiger partial charge in [-0.1, -0.05) is 11.6 Å². The van der Waals surface area contributed by atoms with Gasteiger partial charge in [0.05, 0.1) is 11.1 Å². The molecule has 0 bridgehead atoms. The molecule has 25 heavy (non-hydrogen) atoms. The van der Waals surface area contributed by atoms with Crippen molar-refractivity contribution in [2.45, 2.75) is 25.5 Å². The van der Waals surface area contributed by atoms with Crippen molar-refractivity contribution in [2.75, 3.05) is 18.4 Å². The molecule has 0 aliphatic carbocycles. The number of nitrogens with zero attached hydrogens (tertiary/aromatic N) is 2. The highest BCUT2D eigenvalue weighted by molar-refractivity contribution is 6.32. The zero-order valence-electron chi connectivity index (χ0n) is 13.2. The Hall–Kier alpha value is -2.19. The summed E-state index contributed by atoms with van der Waals surface area (Å²) in [7, 11) is 0. The maximum Gasteiger partial charge on any atom is 0.387 e. The molecule has 1 fully saturated rings. The molecular formula is C16H17ClF2N4O2. The Bertz CT molecular complexity index is 747. The summed E-state index contributed by atoms with van der Waals surface area (Å²) < 4.78 is 30.5. The van der Waals surface area contributed by atoms with Gasteiger partial charge < -0.3 is 15.4 Å². The number of benzene rings is 1. The van der Waals surface area contributed by atoms with E-state index in [1.807, 2.05) is 0 Å². The Labute approximate surface area is 148 Å². The van der Waals surface area contributed by atoms with Crippen molar-refractivity contribution < 1.29 is 18.3 Å². The van der Waals surface area contributed by atoms with E-state index in [0.717, 1.165) is 25.9 Å². The molecule has 1 amide bonds. The second-order valence-corrected chi connectivity index (χ2v) is 6.07. The highest BCUT2D eigenvalue weighted by Crippen LogP contribution is 2.29. The second-order valence-electron chi connectivity index (χ2n) is 5.66. The molecule has 1 saturated heterocycles. The zero-order chi connectivity index (χ0) is 17.8. The predicted octanol–water partition coefficient (Wildman–Crippen LogP) is 3.31. The van der Waals surface area contributed by atoms with Gasteiger partial charge in [0.25, 0.3) is 5.91 Å². The lowest BCUT2D eigenvalue weighted by Crippen LogP contribution is -2.32. The number of carbonyl (C=O) groups is 1.